The molecule has 0 saturated carbocycles. The van der Waals surface area contributed by atoms with Crippen LogP contribution in [-0.2, 0) is 23.8 Å². The highest BCUT2D eigenvalue weighted by atomic mass is 16.7. The first kappa shape index (κ1) is 78.6. The summed E-state index contributed by atoms with van der Waals surface area (Å²) in [7, 11) is 0. The van der Waals surface area contributed by atoms with Crippen LogP contribution in [0.1, 0.15) is 335 Å². The van der Waals surface area contributed by atoms with E-state index in [1.807, 2.05) is 6.08 Å². The predicted octanol–water partition coefficient (Wildman–Crippen LogP) is 18.0. The molecule has 0 aromatic carbocycles. The number of nitrogens with one attached hydrogen (secondary N) is 1. The standard InChI is InChI=1S/C72H133NO10/c1-4-7-10-13-16-19-22-25-27-28-29-30-31-32-33-34-35-36-37-38-39-42-45-48-51-54-57-60-67(77)83-70-69(79)68(78)66(61-74)82-72(70)81-62-63(64(75)58-55-52-49-46-43-40-24-21-18-15-12-9-6-3)73-71(80)65(76)59-56-53-50-47-44-41-26-23-20-17-14-11-8-5-2/h16,19,25,27,29-30,55,58,63-66,68-70,72,74-76,78-79H,4-15,17-18,20-24,26,28,31-54,56-57,59-62H2,1-3H3,(H,73,80)/b19-16-,27-25-,30-29-,58-55+. The number of unbranched alkanes of at least 4 members (excludes halogenated alkanes) is 41. The fourth-order valence-electron chi connectivity index (χ4n) is 11.1. The van der Waals surface area contributed by atoms with E-state index in [9.17, 15) is 35.1 Å². The number of aliphatic hydroxyl groups is 5. The van der Waals surface area contributed by atoms with Gasteiger partial charge in [0.05, 0.1) is 25.4 Å². The van der Waals surface area contributed by atoms with Gasteiger partial charge in [-0.2, -0.15) is 0 Å². The molecule has 1 amide bonds. The third-order valence-corrected chi connectivity index (χ3v) is 16.7. The van der Waals surface area contributed by atoms with Crippen LogP contribution in [-0.4, -0.2) is 99.6 Å². The van der Waals surface area contributed by atoms with Crippen molar-refractivity contribution in [1.29, 1.82) is 0 Å². The van der Waals surface area contributed by atoms with Crippen LogP contribution in [0.2, 0.25) is 0 Å². The molecule has 0 spiro atoms. The number of amides is 1. The van der Waals surface area contributed by atoms with Crippen molar-refractivity contribution in [3.05, 3.63) is 48.6 Å². The molecule has 11 heteroatoms. The van der Waals surface area contributed by atoms with Gasteiger partial charge in [-0.3, -0.25) is 9.59 Å². The predicted molar refractivity (Wildman–Crippen MR) is 347 cm³/mol. The second-order valence-corrected chi connectivity index (χ2v) is 24.6. The first-order valence-electron chi connectivity index (χ1n) is 35.4. The largest absolute Gasteiger partial charge is 0.454 e. The zero-order chi connectivity index (χ0) is 60.3. The minimum atomic E-state index is -1.61. The van der Waals surface area contributed by atoms with Gasteiger partial charge in [0.2, 0.25) is 5.91 Å². The lowest BCUT2D eigenvalue weighted by Gasteiger charge is -2.41. The molecule has 0 radical (unpaired) electrons. The Balaban J connectivity index is 2.54. The fourth-order valence-corrected chi connectivity index (χ4v) is 11.1. The van der Waals surface area contributed by atoms with Gasteiger partial charge in [0.25, 0.3) is 0 Å². The average Bonchev–Trinajstić information content (AvgIpc) is 3.61. The highest BCUT2D eigenvalue weighted by Gasteiger charge is 2.47. The van der Waals surface area contributed by atoms with E-state index in [1.165, 1.54) is 218 Å². The molecule has 0 aromatic heterocycles. The van der Waals surface area contributed by atoms with Crippen LogP contribution in [0.5, 0.6) is 0 Å². The number of hydrogen-bond acceptors (Lipinski definition) is 10. The molecule has 486 valence electrons. The molecule has 11 nitrogen and oxygen atoms in total. The van der Waals surface area contributed by atoms with Crippen LogP contribution >= 0.6 is 0 Å². The van der Waals surface area contributed by atoms with Gasteiger partial charge in [0.15, 0.2) is 12.4 Å². The van der Waals surface area contributed by atoms with E-state index in [2.05, 4.69) is 62.5 Å². The Kier molecular flexibility index (Phi) is 56.8. The minimum absolute atomic E-state index is 0.125. The highest BCUT2D eigenvalue weighted by molar-refractivity contribution is 5.80. The van der Waals surface area contributed by atoms with E-state index in [1.54, 1.807) is 6.08 Å². The summed E-state index contributed by atoms with van der Waals surface area (Å²) < 4.78 is 17.7. The van der Waals surface area contributed by atoms with Crippen molar-refractivity contribution in [3.63, 3.8) is 0 Å². The van der Waals surface area contributed by atoms with Crippen molar-refractivity contribution in [2.24, 2.45) is 0 Å². The minimum Gasteiger partial charge on any atom is -0.454 e. The topological polar surface area (TPSA) is 175 Å². The molecule has 8 unspecified atom stereocenters. The number of aliphatic hydroxyl groups excluding tert-OH is 5. The van der Waals surface area contributed by atoms with Gasteiger partial charge in [0, 0.05) is 6.42 Å². The SMILES string of the molecule is CCCCC/C=C\C/C=C\C/C=C\CCCCCCCCCCCCCCCCC(=O)OC1C(OCC(NC(=O)C(O)CCCCCCCCCCCCCCCC)C(O)/C=C/CCCCCCCCCCCCC)OC(CO)C(O)C1O. The molecule has 83 heavy (non-hydrogen) atoms. The Morgan fingerprint density at radius 2 is 0.831 bits per heavy atom. The first-order chi connectivity index (χ1) is 40.7. The van der Waals surface area contributed by atoms with Gasteiger partial charge in [-0.1, -0.05) is 313 Å². The molecule has 0 bridgehead atoms. The molecule has 0 aromatic rings. The van der Waals surface area contributed by atoms with Gasteiger partial charge in [-0.05, 0) is 64.2 Å². The molecule has 1 rings (SSSR count). The Morgan fingerprint density at radius 3 is 1.27 bits per heavy atom. The highest BCUT2D eigenvalue weighted by Crippen LogP contribution is 2.26. The summed E-state index contributed by atoms with van der Waals surface area (Å²) in [6.07, 6.45) is 64.4. The van der Waals surface area contributed by atoms with E-state index in [4.69, 9.17) is 14.2 Å². The number of allylic oxidation sites excluding steroid dienone is 7. The van der Waals surface area contributed by atoms with E-state index in [-0.39, 0.29) is 13.0 Å². The zero-order valence-corrected chi connectivity index (χ0v) is 54.1. The maximum Gasteiger partial charge on any atom is 0.306 e. The lowest BCUT2D eigenvalue weighted by atomic mass is 9.99. The summed E-state index contributed by atoms with van der Waals surface area (Å²) in [5.41, 5.74) is 0. The molecular formula is C72H133NO10. The molecule has 0 aliphatic carbocycles. The number of hydrogen-bond donors (Lipinski definition) is 6. The maximum absolute atomic E-state index is 13.4. The quantitative estimate of drug-likeness (QED) is 0.0195. The Hall–Kier alpha value is -2.38. The zero-order valence-electron chi connectivity index (χ0n) is 54.1. The third-order valence-electron chi connectivity index (χ3n) is 16.7. The Bertz CT molecular complexity index is 1540. The molecule has 6 N–H and O–H groups in total. The molecule has 1 fully saturated rings. The summed E-state index contributed by atoms with van der Waals surface area (Å²) >= 11 is 0. The van der Waals surface area contributed by atoms with Gasteiger partial charge in [-0.15, -0.1) is 0 Å². The second-order valence-electron chi connectivity index (χ2n) is 24.6. The van der Waals surface area contributed by atoms with Crippen molar-refractivity contribution >= 4 is 11.9 Å². The normalized spacial score (nSPS) is 18.8. The smallest absolute Gasteiger partial charge is 0.306 e. The maximum atomic E-state index is 13.4. The summed E-state index contributed by atoms with van der Waals surface area (Å²) in [5, 5.41) is 57.2. The number of ether oxygens (including phenoxy) is 3. The number of carbonyl (C=O) groups excluding carboxylic acids is 2. The van der Waals surface area contributed by atoms with Gasteiger partial charge < -0.3 is 45.1 Å². The Labute approximate surface area is 510 Å². The van der Waals surface area contributed by atoms with Crippen LogP contribution < -0.4 is 5.32 Å². The fraction of sp³-hybridized carbons (Fsp3) is 0.861. The lowest BCUT2D eigenvalue weighted by Crippen LogP contribution is -2.61. The number of carbonyl (C=O) groups is 2. The van der Waals surface area contributed by atoms with Crippen LogP contribution in [0, 0.1) is 0 Å². The van der Waals surface area contributed by atoms with Crippen LogP contribution in [0.25, 0.3) is 0 Å². The van der Waals surface area contributed by atoms with Crippen molar-refractivity contribution in [2.75, 3.05) is 13.2 Å². The van der Waals surface area contributed by atoms with Crippen molar-refractivity contribution < 1.29 is 49.3 Å². The van der Waals surface area contributed by atoms with Crippen molar-refractivity contribution in [1.82, 2.24) is 5.32 Å². The molecule has 1 aliphatic heterocycles. The number of rotatable bonds is 61. The van der Waals surface area contributed by atoms with E-state index in [0.29, 0.717) is 19.3 Å². The first-order valence-corrected chi connectivity index (χ1v) is 35.4. The van der Waals surface area contributed by atoms with Crippen molar-refractivity contribution in [3.8, 4) is 0 Å². The van der Waals surface area contributed by atoms with E-state index < -0.39 is 67.4 Å². The molecule has 1 aliphatic rings. The Morgan fingerprint density at radius 1 is 0.470 bits per heavy atom. The summed E-state index contributed by atoms with van der Waals surface area (Å²) in [5.74, 6) is -1.18. The van der Waals surface area contributed by atoms with Gasteiger partial charge in [-0.25, -0.2) is 0 Å². The van der Waals surface area contributed by atoms with Gasteiger partial charge in [0.1, 0.15) is 24.4 Å². The summed E-state index contributed by atoms with van der Waals surface area (Å²) in [4.78, 5) is 26.6. The van der Waals surface area contributed by atoms with Gasteiger partial charge >= 0.3 is 5.97 Å². The average molecular weight is 1170 g/mol. The molecule has 1 saturated heterocycles. The third kappa shape index (κ3) is 47.4. The van der Waals surface area contributed by atoms with E-state index >= 15 is 0 Å². The van der Waals surface area contributed by atoms with Crippen molar-refractivity contribution in [2.45, 2.75) is 384 Å². The lowest BCUT2D eigenvalue weighted by molar-refractivity contribution is -0.305. The molecule has 1 heterocycles. The summed E-state index contributed by atoms with van der Waals surface area (Å²) in [6, 6.07) is -1.02. The monoisotopic (exact) mass is 1170 g/mol. The second kappa shape index (κ2) is 59.9. The molecular weight excluding hydrogens is 1040 g/mol. The summed E-state index contributed by atoms with van der Waals surface area (Å²) in [6.45, 7) is 5.80. The number of esters is 1. The van der Waals surface area contributed by atoms with Crippen LogP contribution in [0.3, 0.4) is 0 Å². The molecule has 8 atom stereocenters. The van der Waals surface area contributed by atoms with E-state index in [0.717, 1.165) is 70.6 Å². The van der Waals surface area contributed by atoms with Crippen LogP contribution in [0.15, 0.2) is 48.6 Å². The van der Waals surface area contributed by atoms with Crippen LogP contribution in [0.4, 0.5) is 0 Å².